The van der Waals surface area contributed by atoms with E-state index in [1.165, 1.54) is 6.07 Å². The predicted octanol–water partition coefficient (Wildman–Crippen LogP) is 2.17. The van der Waals surface area contributed by atoms with Crippen LogP contribution in [0.25, 0.3) is 0 Å². The van der Waals surface area contributed by atoms with Crippen molar-refractivity contribution < 1.29 is 14.2 Å². The number of nitrogens with one attached hydrogen (secondary N) is 1. The Morgan fingerprint density at radius 2 is 2.29 bits per heavy atom. The minimum Gasteiger partial charge on any atom is -0.394 e. The van der Waals surface area contributed by atoms with Gasteiger partial charge in [-0.3, -0.25) is 0 Å². The third kappa shape index (κ3) is 2.76. The molecule has 2 unspecified atom stereocenters. The molecule has 0 aliphatic carbocycles. The van der Waals surface area contributed by atoms with Crippen LogP contribution in [-0.2, 0) is 4.74 Å². The van der Waals surface area contributed by atoms with E-state index < -0.39 is 5.54 Å². The van der Waals surface area contributed by atoms with Gasteiger partial charge in [-0.2, -0.15) is 0 Å². The van der Waals surface area contributed by atoms with E-state index in [2.05, 4.69) is 5.32 Å². The summed E-state index contributed by atoms with van der Waals surface area (Å²) in [5, 5.41) is 12.7. The number of rotatable bonds is 3. The van der Waals surface area contributed by atoms with Crippen LogP contribution in [0.4, 0.5) is 10.1 Å². The first kappa shape index (κ1) is 12.3. The molecule has 1 aromatic carbocycles. The maximum atomic E-state index is 13.6. The molecule has 1 fully saturated rings. The van der Waals surface area contributed by atoms with Gasteiger partial charge in [0.15, 0.2) is 0 Å². The van der Waals surface area contributed by atoms with Gasteiger partial charge >= 0.3 is 0 Å². The first-order valence-corrected chi connectivity index (χ1v) is 5.90. The SMILES string of the molecule is CC1CC(CO)(Nc2ccccc2F)CCO1. The van der Waals surface area contributed by atoms with Crippen molar-refractivity contribution in [1.29, 1.82) is 0 Å². The fourth-order valence-electron chi connectivity index (χ4n) is 2.31. The smallest absolute Gasteiger partial charge is 0.146 e. The molecule has 0 bridgehead atoms. The first-order valence-electron chi connectivity index (χ1n) is 5.90. The summed E-state index contributed by atoms with van der Waals surface area (Å²) in [5.41, 5.74) is -0.0319. The normalized spacial score (nSPS) is 29.0. The minimum atomic E-state index is -0.472. The number of hydrogen-bond donors (Lipinski definition) is 2. The molecular weight excluding hydrogens is 221 g/mol. The van der Waals surface area contributed by atoms with Gasteiger partial charge in [-0.05, 0) is 31.9 Å². The van der Waals surface area contributed by atoms with Gasteiger partial charge in [0, 0.05) is 6.61 Å². The van der Waals surface area contributed by atoms with Crippen LogP contribution in [0, 0.1) is 5.82 Å². The van der Waals surface area contributed by atoms with E-state index in [4.69, 9.17) is 4.74 Å². The summed E-state index contributed by atoms with van der Waals surface area (Å²) in [6.07, 6.45) is 1.44. The number of aliphatic hydroxyl groups excluding tert-OH is 1. The molecular formula is C13H18FNO2. The second-order valence-electron chi connectivity index (χ2n) is 4.68. The molecule has 0 radical (unpaired) electrons. The maximum absolute atomic E-state index is 13.6. The Morgan fingerprint density at radius 1 is 1.53 bits per heavy atom. The Balaban J connectivity index is 2.17. The number of benzene rings is 1. The second-order valence-corrected chi connectivity index (χ2v) is 4.68. The molecule has 1 heterocycles. The topological polar surface area (TPSA) is 41.5 Å². The average Bonchev–Trinajstić information content (AvgIpc) is 2.32. The fraction of sp³-hybridized carbons (Fsp3) is 0.538. The molecule has 1 aliphatic rings. The number of anilines is 1. The largest absolute Gasteiger partial charge is 0.394 e. The third-order valence-electron chi connectivity index (χ3n) is 3.24. The predicted molar refractivity (Wildman–Crippen MR) is 64.5 cm³/mol. The fourth-order valence-corrected chi connectivity index (χ4v) is 2.31. The molecule has 3 nitrogen and oxygen atoms in total. The number of para-hydroxylation sites is 1. The van der Waals surface area contributed by atoms with Crippen LogP contribution in [0.2, 0.25) is 0 Å². The van der Waals surface area contributed by atoms with Gasteiger partial charge in [-0.25, -0.2) is 4.39 Å². The Hall–Kier alpha value is -1.13. The van der Waals surface area contributed by atoms with Crippen molar-refractivity contribution >= 4 is 5.69 Å². The van der Waals surface area contributed by atoms with Crippen molar-refractivity contribution in [3.63, 3.8) is 0 Å². The van der Waals surface area contributed by atoms with Crippen LogP contribution in [0.1, 0.15) is 19.8 Å². The Kier molecular flexibility index (Phi) is 3.64. The number of aliphatic hydroxyl groups is 1. The monoisotopic (exact) mass is 239 g/mol. The molecule has 2 N–H and O–H groups in total. The summed E-state index contributed by atoms with van der Waals surface area (Å²) in [4.78, 5) is 0. The molecule has 17 heavy (non-hydrogen) atoms. The van der Waals surface area contributed by atoms with Gasteiger partial charge in [0.1, 0.15) is 5.82 Å². The zero-order valence-electron chi connectivity index (χ0n) is 9.95. The van der Waals surface area contributed by atoms with E-state index in [0.717, 1.165) is 0 Å². The van der Waals surface area contributed by atoms with E-state index in [0.29, 0.717) is 25.1 Å². The van der Waals surface area contributed by atoms with Gasteiger partial charge in [0.2, 0.25) is 0 Å². The standard InChI is InChI=1S/C13H18FNO2/c1-10-8-13(9-16,6-7-17-10)15-12-5-3-2-4-11(12)14/h2-5,10,15-16H,6-9H2,1H3. The average molecular weight is 239 g/mol. The summed E-state index contributed by atoms with van der Waals surface area (Å²) in [6.45, 7) is 2.53. The van der Waals surface area contributed by atoms with Crippen molar-refractivity contribution in [3.8, 4) is 0 Å². The molecule has 1 saturated heterocycles. The highest BCUT2D eigenvalue weighted by Gasteiger charge is 2.35. The summed E-state index contributed by atoms with van der Waals surface area (Å²) < 4.78 is 19.0. The number of halogens is 1. The van der Waals surface area contributed by atoms with Crippen molar-refractivity contribution in [2.24, 2.45) is 0 Å². The lowest BCUT2D eigenvalue weighted by Gasteiger charge is -2.40. The van der Waals surface area contributed by atoms with E-state index in [-0.39, 0.29) is 18.5 Å². The lowest BCUT2D eigenvalue weighted by atomic mass is 9.87. The zero-order valence-corrected chi connectivity index (χ0v) is 9.95. The molecule has 4 heteroatoms. The van der Waals surface area contributed by atoms with Gasteiger partial charge in [-0.1, -0.05) is 12.1 Å². The van der Waals surface area contributed by atoms with Crippen molar-refractivity contribution in [2.75, 3.05) is 18.5 Å². The molecule has 2 rings (SSSR count). The van der Waals surface area contributed by atoms with E-state index >= 15 is 0 Å². The summed E-state index contributed by atoms with van der Waals surface area (Å²) >= 11 is 0. The second kappa shape index (κ2) is 5.02. The first-order chi connectivity index (χ1) is 8.15. The highest BCUT2D eigenvalue weighted by Crippen LogP contribution is 2.29. The number of hydrogen-bond acceptors (Lipinski definition) is 3. The maximum Gasteiger partial charge on any atom is 0.146 e. The molecule has 1 aromatic rings. The van der Waals surface area contributed by atoms with Crippen molar-refractivity contribution in [3.05, 3.63) is 30.1 Å². The van der Waals surface area contributed by atoms with Gasteiger partial charge < -0.3 is 15.2 Å². The van der Waals surface area contributed by atoms with Gasteiger partial charge in [-0.15, -0.1) is 0 Å². The Morgan fingerprint density at radius 3 is 2.94 bits per heavy atom. The summed E-state index contributed by atoms with van der Waals surface area (Å²) in [5.74, 6) is -0.292. The van der Waals surface area contributed by atoms with Crippen LogP contribution in [0.5, 0.6) is 0 Å². The molecule has 0 spiro atoms. The molecule has 1 aliphatic heterocycles. The Bertz CT molecular complexity index is 385. The summed E-state index contributed by atoms with van der Waals surface area (Å²) in [6, 6.07) is 6.53. The van der Waals surface area contributed by atoms with Crippen LogP contribution in [0.3, 0.4) is 0 Å². The molecule has 0 aromatic heterocycles. The minimum absolute atomic E-state index is 0.0188. The lowest BCUT2D eigenvalue weighted by molar-refractivity contribution is -0.0161. The van der Waals surface area contributed by atoms with Crippen molar-refractivity contribution in [1.82, 2.24) is 0 Å². The lowest BCUT2D eigenvalue weighted by Crippen LogP contribution is -2.49. The van der Waals surface area contributed by atoms with Crippen LogP contribution in [0.15, 0.2) is 24.3 Å². The molecule has 0 amide bonds. The van der Waals surface area contributed by atoms with Crippen molar-refractivity contribution in [2.45, 2.75) is 31.4 Å². The molecule has 94 valence electrons. The van der Waals surface area contributed by atoms with E-state index in [1.54, 1.807) is 18.2 Å². The highest BCUT2D eigenvalue weighted by molar-refractivity contribution is 5.47. The highest BCUT2D eigenvalue weighted by atomic mass is 19.1. The molecule has 2 atom stereocenters. The van der Waals surface area contributed by atoms with Gasteiger partial charge in [0.25, 0.3) is 0 Å². The summed E-state index contributed by atoms with van der Waals surface area (Å²) in [7, 11) is 0. The number of ether oxygens (including phenoxy) is 1. The molecule has 0 saturated carbocycles. The third-order valence-corrected chi connectivity index (χ3v) is 3.24. The zero-order chi connectivity index (χ0) is 12.3. The van der Waals surface area contributed by atoms with E-state index in [9.17, 15) is 9.50 Å². The Labute approximate surface area is 101 Å². The van der Waals surface area contributed by atoms with Crippen LogP contribution >= 0.6 is 0 Å². The van der Waals surface area contributed by atoms with Gasteiger partial charge in [0.05, 0.1) is 23.9 Å². The van der Waals surface area contributed by atoms with E-state index in [1.807, 2.05) is 6.92 Å². The van der Waals surface area contributed by atoms with Crippen LogP contribution in [-0.4, -0.2) is 30.0 Å². The van der Waals surface area contributed by atoms with Crippen LogP contribution < -0.4 is 5.32 Å². The quantitative estimate of drug-likeness (QED) is 0.849.